The summed E-state index contributed by atoms with van der Waals surface area (Å²) < 4.78 is 20.8. The van der Waals surface area contributed by atoms with Gasteiger partial charge in [-0.15, -0.1) is 0 Å². The van der Waals surface area contributed by atoms with Crippen molar-refractivity contribution in [3.05, 3.63) is 29.3 Å². The number of fused-ring (bicyclic) bond motifs is 3. The average molecular weight is 332 g/mol. The number of rotatable bonds is 3. The number of esters is 1. The number of phenols is 2. The Labute approximate surface area is 138 Å². The van der Waals surface area contributed by atoms with Crippen molar-refractivity contribution in [1.29, 1.82) is 0 Å². The first kappa shape index (κ1) is 15.8. The fourth-order valence-corrected chi connectivity index (χ4v) is 2.75. The molecular formula is C17H16O7. The van der Waals surface area contributed by atoms with E-state index in [0.29, 0.717) is 16.9 Å². The third-order valence-corrected chi connectivity index (χ3v) is 3.90. The van der Waals surface area contributed by atoms with E-state index in [1.165, 1.54) is 27.4 Å². The molecule has 0 fully saturated rings. The molecule has 7 heteroatoms. The average Bonchev–Trinajstić information content (AvgIpc) is 2.74. The van der Waals surface area contributed by atoms with Gasteiger partial charge in [0.1, 0.15) is 23.7 Å². The van der Waals surface area contributed by atoms with E-state index in [4.69, 9.17) is 18.9 Å². The van der Waals surface area contributed by atoms with Crippen LogP contribution in [0.25, 0.3) is 11.1 Å². The van der Waals surface area contributed by atoms with Gasteiger partial charge in [0.05, 0.1) is 21.3 Å². The highest BCUT2D eigenvalue weighted by Crippen LogP contribution is 2.49. The molecular weight excluding hydrogens is 316 g/mol. The minimum absolute atomic E-state index is 0.0839. The van der Waals surface area contributed by atoms with E-state index in [2.05, 4.69) is 0 Å². The zero-order valence-electron chi connectivity index (χ0n) is 13.4. The molecule has 3 rings (SSSR count). The molecule has 0 amide bonds. The minimum atomic E-state index is -0.599. The number of ether oxygens (including phenoxy) is 4. The predicted octanol–water partition coefficient (Wildman–Crippen LogP) is 2.46. The van der Waals surface area contributed by atoms with Gasteiger partial charge in [-0.25, -0.2) is 4.79 Å². The smallest absolute Gasteiger partial charge is 0.342 e. The fraction of sp³-hybridized carbons (Fsp3) is 0.235. The highest BCUT2D eigenvalue weighted by molar-refractivity contribution is 6.03. The summed E-state index contributed by atoms with van der Waals surface area (Å²) in [6.07, 6.45) is 0. The van der Waals surface area contributed by atoms with Gasteiger partial charge in [0, 0.05) is 22.8 Å². The maximum absolute atomic E-state index is 12.4. The molecule has 24 heavy (non-hydrogen) atoms. The molecule has 0 spiro atoms. The summed E-state index contributed by atoms with van der Waals surface area (Å²) in [4.78, 5) is 12.4. The Morgan fingerprint density at radius 2 is 1.62 bits per heavy atom. The van der Waals surface area contributed by atoms with Crippen molar-refractivity contribution in [1.82, 2.24) is 0 Å². The molecule has 0 unspecified atom stereocenters. The predicted molar refractivity (Wildman–Crippen MR) is 84.0 cm³/mol. The zero-order chi connectivity index (χ0) is 17.4. The molecule has 0 aliphatic carbocycles. The van der Waals surface area contributed by atoms with E-state index in [-0.39, 0.29) is 29.2 Å². The van der Waals surface area contributed by atoms with Crippen molar-refractivity contribution >= 4 is 5.97 Å². The fourth-order valence-electron chi connectivity index (χ4n) is 2.75. The molecule has 7 nitrogen and oxygen atoms in total. The number of benzene rings is 2. The van der Waals surface area contributed by atoms with Crippen LogP contribution in [0.5, 0.6) is 28.7 Å². The van der Waals surface area contributed by atoms with E-state index in [0.717, 1.165) is 0 Å². The first-order chi connectivity index (χ1) is 11.5. The van der Waals surface area contributed by atoms with Crippen LogP contribution in [-0.4, -0.2) is 37.5 Å². The third kappa shape index (κ3) is 2.25. The molecule has 1 heterocycles. The molecule has 0 radical (unpaired) electrons. The van der Waals surface area contributed by atoms with Crippen LogP contribution in [-0.2, 0) is 11.3 Å². The van der Waals surface area contributed by atoms with Gasteiger partial charge in [-0.05, 0) is 12.1 Å². The van der Waals surface area contributed by atoms with Gasteiger partial charge in [0.2, 0.25) is 5.75 Å². The van der Waals surface area contributed by atoms with Crippen molar-refractivity contribution in [2.24, 2.45) is 0 Å². The number of carbonyl (C=O) groups is 1. The summed E-state index contributed by atoms with van der Waals surface area (Å²) in [5.41, 5.74) is 1.26. The Bertz CT molecular complexity index is 826. The molecule has 0 saturated carbocycles. The van der Waals surface area contributed by atoms with Crippen LogP contribution >= 0.6 is 0 Å². The lowest BCUT2D eigenvalue weighted by atomic mass is 9.94. The number of cyclic esters (lactones) is 1. The first-order valence-corrected chi connectivity index (χ1v) is 7.07. The molecule has 2 aromatic carbocycles. The number of carbonyl (C=O) groups excluding carboxylic acids is 1. The normalized spacial score (nSPS) is 12.5. The van der Waals surface area contributed by atoms with Crippen LogP contribution in [0.1, 0.15) is 15.9 Å². The van der Waals surface area contributed by atoms with Gasteiger partial charge in [-0.3, -0.25) is 0 Å². The molecule has 1 aliphatic rings. The van der Waals surface area contributed by atoms with Crippen LogP contribution in [0, 0.1) is 0 Å². The molecule has 0 atom stereocenters. The van der Waals surface area contributed by atoms with E-state index >= 15 is 0 Å². The summed E-state index contributed by atoms with van der Waals surface area (Å²) in [7, 11) is 4.26. The second-order valence-electron chi connectivity index (χ2n) is 5.14. The molecule has 2 N–H and O–H groups in total. The molecule has 0 saturated heterocycles. The summed E-state index contributed by atoms with van der Waals surface area (Å²) in [6.45, 7) is -0.0848. The highest BCUT2D eigenvalue weighted by Gasteiger charge is 2.30. The van der Waals surface area contributed by atoms with Crippen LogP contribution in [0.15, 0.2) is 18.2 Å². The van der Waals surface area contributed by atoms with Crippen LogP contribution in [0.4, 0.5) is 0 Å². The van der Waals surface area contributed by atoms with Crippen molar-refractivity contribution in [2.45, 2.75) is 6.61 Å². The van der Waals surface area contributed by atoms with Crippen LogP contribution < -0.4 is 14.2 Å². The Morgan fingerprint density at radius 3 is 2.25 bits per heavy atom. The van der Waals surface area contributed by atoms with Gasteiger partial charge >= 0.3 is 5.97 Å². The Hall–Kier alpha value is -3.09. The second-order valence-corrected chi connectivity index (χ2v) is 5.14. The van der Waals surface area contributed by atoms with E-state index in [1.807, 2.05) is 0 Å². The lowest BCUT2D eigenvalue weighted by Crippen LogP contribution is -2.06. The van der Waals surface area contributed by atoms with Gasteiger partial charge in [-0.2, -0.15) is 0 Å². The van der Waals surface area contributed by atoms with Gasteiger partial charge in [0.15, 0.2) is 11.5 Å². The SMILES string of the molecule is COc1cc(OC)c2c(c1)-c1c(cc(OC)c(O)c1O)COC2=O. The van der Waals surface area contributed by atoms with Crippen molar-refractivity contribution < 1.29 is 34.0 Å². The number of methoxy groups -OCH3 is 3. The molecule has 0 aromatic heterocycles. The zero-order valence-corrected chi connectivity index (χ0v) is 13.4. The van der Waals surface area contributed by atoms with Gasteiger partial charge < -0.3 is 29.2 Å². The lowest BCUT2D eigenvalue weighted by molar-refractivity contribution is 0.0475. The second kappa shape index (κ2) is 5.84. The maximum atomic E-state index is 12.4. The lowest BCUT2D eigenvalue weighted by Gasteiger charge is -2.16. The minimum Gasteiger partial charge on any atom is -0.504 e. The number of hydrogen-bond donors (Lipinski definition) is 2. The van der Waals surface area contributed by atoms with Crippen molar-refractivity contribution in [3.63, 3.8) is 0 Å². The van der Waals surface area contributed by atoms with Gasteiger partial charge in [-0.1, -0.05) is 0 Å². The topological polar surface area (TPSA) is 94.5 Å². The number of phenolic OH excluding ortho intramolecular Hbond substituents is 2. The van der Waals surface area contributed by atoms with Crippen LogP contribution in [0.3, 0.4) is 0 Å². The monoisotopic (exact) mass is 332 g/mol. The van der Waals surface area contributed by atoms with E-state index in [1.54, 1.807) is 12.1 Å². The number of hydrogen-bond acceptors (Lipinski definition) is 7. The highest BCUT2D eigenvalue weighted by atomic mass is 16.5. The standard InChI is InChI=1S/C17H16O7/c1-21-9-5-10-13-8(4-12(23-3)15(18)16(13)19)7-24-17(20)14(10)11(6-9)22-2/h4-6,18-19H,7H2,1-3H3. The van der Waals surface area contributed by atoms with Crippen LogP contribution in [0.2, 0.25) is 0 Å². The quantitative estimate of drug-likeness (QED) is 0.658. The van der Waals surface area contributed by atoms with Crippen molar-refractivity contribution in [3.8, 4) is 39.9 Å². The van der Waals surface area contributed by atoms with Gasteiger partial charge in [0.25, 0.3) is 0 Å². The molecule has 126 valence electrons. The molecule has 2 aromatic rings. The maximum Gasteiger partial charge on any atom is 0.342 e. The Balaban J connectivity index is 2.41. The van der Waals surface area contributed by atoms with E-state index < -0.39 is 17.5 Å². The summed E-state index contributed by atoms with van der Waals surface area (Å²) >= 11 is 0. The number of aromatic hydroxyl groups is 2. The van der Waals surface area contributed by atoms with Crippen molar-refractivity contribution in [2.75, 3.05) is 21.3 Å². The largest absolute Gasteiger partial charge is 0.504 e. The summed E-state index contributed by atoms with van der Waals surface area (Å²) in [6, 6.07) is 4.64. The summed E-state index contributed by atoms with van der Waals surface area (Å²) in [5.74, 6) is -0.658. The van der Waals surface area contributed by atoms with E-state index in [9.17, 15) is 15.0 Å². The first-order valence-electron chi connectivity index (χ1n) is 7.07. The third-order valence-electron chi connectivity index (χ3n) is 3.90. The molecule has 1 aliphatic heterocycles. The Morgan fingerprint density at radius 1 is 0.917 bits per heavy atom. The Kier molecular flexibility index (Phi) is 3.84. The summed E-state index contributed by atoms with van der Waals surface area (Å²) in [5, 5.41) is 20.6. The molecule has 0 bridgehead atoms.